The van der Waals surface area contributed by atoms with Crippen LogP contribution < -0.4 is 10.2 Å². The molecular formula is C21H32N6O2. The zero-order chi connectivity index (χ0) is 20.9. The molecule has 8 nitrogen and oxygen atoms in total. The Morgan fingerprint density at radius 3 is 2.76 bits per heavy atom. The summed E-state index contributed by atoms with van der Waals surface area (Å²) in [5.41, 5.74) is 0.351. The first-order valence-electron chi connectivity index (χ1n) is 10.4. The van der Waals surface area contributed by atoms with Crippen LogP contribution in [0.1, 0.15) is 57.6 Å². The van der Waals surface area contributed by atoms with Crippen molar-refractivity contribution < 1.29 is 9.84 Å². The molecule has 0 aliphatic carbocycles. The lowest BCUT2D eigenvalue weighted by Crippen LogP contribution is -2.44. The van der Waals surface area contributed by atoms with Crippen LogP contribution in [0.4, 0.5) is 17.5 Å². The number of ether oxygens (including phenoxy) is 1. The van der Waals surface area contributed by atoms with Crippen molar-refractivity contribution in [1.29, 1.82) is 5.41 Å². The molecule has 1 atom stereocenters. The van der Waals surface area contributed by atoms with Crippen LogP contribution in [-0.2, 0) is 10.3 Å². The van der Waals surface area contributed by atoms with E-state index in [1.165, 1.54) is 6.21 Å². The van der Waals surface area contributed by atoms with Gasteiger partial charge in [0.05, 0.1) is 31.1 Å². The third-order valence-electron chi connectivity index (χ3n) is 5.43. The van der Waals surface area contributed by atoms with Crippen LogP contribution in [0.2, 0.25) is 0 Å². The van der Waals surface area contributed by atoms with Crippen LogP contribution in [0.3, 0.4) is 0 Å². The zero-order valence-corrected chi connectivity index (χ0v) is 17.5. The van der Waals surface area contributed by atoms with Crippen molar-refractivity contribution in [2.45, 2.75) is 58.1 Å². The lowest BCUT2D eigenvalue weighted by molar-refractivity contribution is 0.0168. The standard InChI is InChI=1S/C21H32N6O2/c1-4-7-21(28,8-5-2)17-12-19(27-10-11-29-14-15(27)3)25-20(16(17)13-22)24-18-6-9-23-26-18/h6,9,12-13,15,22,28H,4-5,7-8,10-11,14H2,1-3H3,(H2,23,24,25,26). The molecule has 3 heterocycles. The van der Waals surface area contributed by atoms with E-state index in [0.717, 1.165) is 30.8 Å². The third-order valence-corrected chi connectivity index (χ3v) is 5.43. The minimum absolute atomic E-state index is 0.181. The highest BCUT2D eigenvalue weighted by atomic mass is 16.5. The van der Waals surface area contributed by atoms with Crippen LogP contribution >= 0.6 is 0 Å². The molecule has 0 bridgehead atoms. The lowest BCUT2D eigenvalue weighted by Gasteiger charge is -2.36. The number of hydrogen-bond acceptors (Lipinski definition) is 7. The summed E-state index contributed by atoms with van der Waals surface area (Å²) in [6.07, 6.45) is 5.90. The van der Waals surface area contributed by atoms with E-state index in [1.807, 2.05) is 12.1 Å². The van der Waals surface area contributed by atoms with E-state index in [-0.39, 0.29) is 6.04 Å². The maximum atomic E-state index is 11.6. The Labute approximate surface area is 172 Å². The molecule has 158 valence electrons. The predicted octanol–water partition coefficient (Wildman–Crippen LogP) is 3.56. The van der Waals surface area contributed by atoms with Gasteiger partial charge in [-0.15, -0.1) is 0 Å². The minimum Gasteiger partial charge on any atom is -0.385 e. The first kappa shape index (κ1) is 21.3. The van der Waals surface area contributed by atoms with Crippen LogP contribution in [0.25, 0.3) is 0 Å². The second kappa shape index (κ2) is 9.37. The molecule has 0 spiro atoms. The van der Waals surface area contributed by atoms with E-state index in [2.05, 4.69) is 41.2 Å². The van der Waals surface area contributed by atoms with E-state index >= 15 is 0 Å². The fourth-order valence-corrected chi connectivity index (χ4v) is 4.06. The number of rotatable bonds is 9. The molecule has 0 amide bonds. The smallest absolute Gasteiger partial charge is 0.143 e. The second-order valence-corrected chi connectivity index (χ2v) is 7.68. The van der Waals surface area contributed by atoms with Gasteiger partial charge in [-0.3, -0.25) is 5.10 Å². The molecule has 0 aromatic carbocycles. The van der Waals surface area contributed by atoms with Gasteiger partial charge in [-0.2, -0.15) is 5.10 Å². The van der Waals surface area contributed by atoms with Crippen LogP contribution in [-0.4, -0.2) is 52.3 Å². The highest BCUT2D eigenvalue weighted by Gasteiger charge is 2.33. The minimum atomic E-state index is -1.01. The van der Waals surface area contributed by atoms with Crippen LogP contribution in [0.15, 0.2) is 18.3 Å². The van der Waals surface area contributed by atoms with Gasteiger partial charge in [0.2, 0.25) is 0 Å². The van der Waals surface area contributed by atoms with Gasteiger partial charge in [0, 0.05) is 24.4 Å². The molecule has 1 unspecified atom stereocenters. The first-order chi connectivity index (χ1) is 14.0. The number of nitrogens with zero attached hydrogens (tertiary/aromatic N) is 3. The van der Waals surface area contributed by atoms with Crippen molar-refractivity contribution >= 4 is 23.7 Å². The van der Waals surface area contributed by atoms with Gasteiger partial charge < -0.3 is 25.5 Å². The lowest BCUT2D eigenvalue weighted by atomic mass is 9.83. The molecule has 0 saturated carbocycles. The molecule has 1 saturated heterocycles. The number of pyridine rings is 1. The highest BCUT2D eigenvalue weighted by molar-refractivity contribution is 5.89. The Morgan fingerprint density at radius 1 is 1.41 bits per heavy atom. The van der Waals surface area contributed by atoms with Gasteiger partial charge in [0.1, 0.15) is 17.5 Å². The van der Waals surface area contributed by atoms with Gasteiger partial charge in [-0.25, -0.2) is 4.98 Å². The summed E-state index contributed by atoms with van der Waals surface area (Å²) in [6, 6.07) is 3.95. The Balaban J connectivity index is 2.15. The van der Waals surface area contributed by atoms with Gasteiger partial charge in [0.15, 0.2) is 0 Å². The summed E-state index contributed by atoms with van der Waals surface area (Å²) in [4.78, 5) is 7.04. The maximum absolute atomic E-state index is 11.6. The topological polar surface area (TPSA) is 110 Å². The van der Waals surface area contributed by atoms with Crippen molar-refractivity contribution in [2.24, 2.45) is 0 Å². The molecule has 1 aliphatic heterocycles. The number of aromatic amines is 1. The summed E-state index contributed by atoms with van der Waals surface area (Å²) < 4.78 is 5.58. The number of anilines is 3. The van der Waals surface area contributed by atoms with Crippen molar-refractivity contribution in [3.8, 4) is 0 Å². The molecular weight excluding hydrogens is 368 g/mol. The molecule has 2 aromatic rings. The molecule has 1 fully saturated rings. The molecule has 3 rings (SSSR count). The van der Waals surface area contributed by atoms with E-state index in [9.17, 15) is 5.11 Å². The Morgan fingerprint density at radius 2 is 2.17 bits per heavy atom. The van der Waals surface area contributed by atoms with Crippen molar-refractivity contribution in [2.75, 3.05) is 30.0 Å². The zero-order valence-electron chi connectivity index (χ0n) is 17.5. The third kappa shape index (κ3) is 4.59. The maximum Gasteiger partial charge on any atom is 0.143 e. The summed E-state index contributed by atoms with van der Waals surface area (Å²) in [6.45, 7) is 8.27. The molecule has 4 N–H and O–H groups in total. The van der Waals surface area contributed by atoms with Gasteiger partial charge in [-0.1, -0.05) is 26.7 Å². The number of morpholine rings is 1. The van der Waals surface area contributed by atoms with Crippen molar-refractivity contribution in [1.82, 2.24) is 15.2 Å². The van der Waals surface area contributed by atoms with Crippen molar-refractivity contribution in [3.63, 3.8) is 0 Å². The quantitative estimate of drug-likeness (QED) is 0.479. The van der Waals surface area contributed by atoms with Gasteiger partial charge in [0.25, 0.3) is 0 Å². The number of aromatic nitrogens is 3. The monoisotopic (exact) mass is 400 g/mol. The summed E-state index contributed by atoms with van der Waals surface area (Å²) in [5, 5.41) is 29.8. The van der Waals surface area contributed by atoms with Gasteiger partial charge >= 0.3 is 0 Å². The molecule has 29 heavy (non-hydrogen) atoms. The molecule has 8 heteroatoms. The number of H-pyrrole nitrogens is 1. The van der Waals surface area contributed by atoms with E-state index in [0.29, 0.717) is 43.3 Å². The Kier molecular flexibility index (Phi) is 6.87. The largest absolute Gasteiger partial charge is 0.385 e. The predicted molar refractivity (Wildman–Crippen MR) is 115 cm³/mol. The Hall–Kier alpha value is -2.45. The normalized spacial score (nSPS) is 17.4. The van der Waals surface area contributed by atoms with Crippen molar-refractivity contribution in [3.05, 3.63) is 29.5 Å². The van der Waals surface area contributed by atoms with Gasteiger partial charge in [-0.05, 0) is 31.4 Å². The van der Waals surface area contributed by atoms with Crippen LogP contribution in [0, 0.1) is 5.41 Å². The number of nitrogens with one attached hydrogen (secondary N) is 3. The first-order valence-corrected chi connectivity index (χ1v) is 10.4. The van der Waals surface area contributed by atoms with Crippen LogP contribution in [0.5, 0.6) is 0 Å². The van der Waals surface area contributed by atoms with E-state index < -0.39 is 5.60 Å². The summed E-state index contributed by atoms with van der Waals surface area (Å²) in [7, 11) is 0. The summed E-state index contributed by atoms with van der Waals surface area (Å²) >= 11 is 0. The average Bonchev–Trinajstić information content (AvgIpc) is 3.21. The highest BCUT2D eigenvalue weighted by Crippen LogP contribution is 2.38. The number of aliphatic hydroxyl groups is 1. The fraction of sp³-hybridized carbons (Fsp3) is 0.571. The van der Waals surface area contributed by atoms with E-state index in [4.69, 9.17) is 15.1 Å². The molecule has 1 aliphatic rings. The second-order valence-electron chi connectivity index (χ2n) is 7.68. The average molecular weight is 401 g/mol. The van der Waals surface area contributed by atoms with E-state index in [1.54, 1.807) is 6.20 Å². The SMILES string of the molecule is CCCC(O)(CCC)c1cc(N2CCOCC2C)nc(Nc2ccn[nH]2)c1C=N. The number of hydrogen-bond donors (Lipinski definition) is 4. The Bertz CT molecular complexity index is 802. The summed E-state index contributed by atoms with van der Waals surface area (Å²) in [5.74, 6) is 2.02. The molecule has 2 aromatic heterocycles. The molecule has 0 radical (unpaired) electrons. The fourth-order valence-electron chi connectivity index (χ4n) is 4.06.